The van der Waals surface area contributed by atoms with Crippen LogP contribution in [0.25, 0.3) is 6.08 Å². The van der Waals surface area contributed by atoms with Crippen LogP contribution in [0.4, 0.5) is 0 Å². The van der Waals surface area contributed by atoms with Gasteiger partial charge in [-0.2, -0.15) is 0 Å². The zero-order chi connectivity index (χ0) is 8.97. The first-order valence-corrected chi connectivity index (χ1v) is 4.22. The Kier molecular flexibility index (Phi) is 5.76. The fraction of sp³-hybridized carbons (Fsp3) is 0. The Balaban J connectivity index is 0. The molecule has 1 unspecified atom stereocenters. The van der Waals surface area contributed by atoms with Gasteiger partial charge in [0.05, 0.1) is 0 Å². The molecule has 0 fully saturated rings. The maximum absolute atomic E-state index is 10.1. The predicted octanol–water partition coefficient (Wildman–Crippen LogP) is -1.38. The van der Waals surface area contributed by atoms with Gasteiger partial charge in [-0.3, -0.25) is 0 Å². The predicted molar refractivity (Wildman–Crippen MR) is 47.2 cm³/mol. The zero-order valence-electron chi connectivity index (χ0n) is 8.23. The number of hydrogen-bond donors (Lipinski definition) is 0. The molecule has 0 heterocycles. The van der Waals surface area contributed by atoms with E-state index in [0.717, 1.165) is 5.56 Å². The van der Waals surface area contributed by atoms with Gasteiger partial charge >= 0.3 is 18.9 Å². The van der Waals surface area contributed by atoms with Gasteiger partial charge in [0.15, 0.2) is 0 Å². The van der Waals surface area contributed by atoms with Crippen LogP contribution >= 0.6 is 0 Å². The van der Waals surface area contributed by atoms with Crippen LogP contribution in [0, 0.1) is 0 Å². The summed E-state index contributed by atoms with van der Waals surface area (Å²) in [4.78, 5) is 0. The Morgan fingerprint density at radius 3 is 2.38 bits per heavy atom. The van der Waals surface area contributed by atoms with Crippen molar-refractivity contribution >= 4 is 17.4 Å². The standard InChI is InChI=1S/C8H8O3S.Li.H/c1-2-7-3-5-8(6-4-7)11-12(9)10;;/h2-6H,1H2,(H,9,10);;/q;+1;-1/p-1. The van der Waals surface area contributed by atoms with Gasteiger partial charge < -0.3 is 10.2 Å². The first kappa shape index (κ1) is 12.5. The minimum atomic E-state index is -2.50. The normalized spacial score (nSPS) is 11.2. The molecule has 1 aromatic rings. The average Bonchev–Trinajstić information content (AvgIpc) is 2.05. The van der Waals surface area contributed by atoms with Gasteiger partial charge in [-0.15, -0.1) is 0 Å². The molecule has 1 aromatic carbocycles. The molecule has 0 amide bonds. The van der Waals surface area contributed by atoms with Crippen LogP contribution in [0.3, 0.4) is 0 Å². The topological polar surface area (TPSA) is 49.4 Å². The molecule has 0 saturated carbocycles. The van der Waals surface area contributed by atoms with Crippen molar-refractivity contribution in [1.82, 2.24) is 0 Å². The average molecular weight is 191 g/mol. The van der Waals surface area contributed by atoms with Crippen LogP contribution < -0.4 is 23.0 Å². The molecule has 0 aliphatic carbocycles. The van der Waals surface area contributed by atoms with E-state index >= 15 is 0 Å². The van der Waals surface area contributed by atoms with Crippen molar-refractivity contribution in [2.24, 2.45) is 0 Å². The van der Waals surface area contributed by atoms with Gasteiger partial charge in [0.1, 0.15) is 17.1 Å². The van der Waals surface area contributed by atoms with E-state index in [9.17, 15) is 8.76 Å². The van der Waals surface area contributed by atoms with Gasteiger partial charge in [0.25, 0.3) is 0 Å². The largest absolute Gasteiger partial charge is 1.00 e. The summed E-state index contributed by atoms with van der Waals surface area (Å²) >= 11 is -2.50. The molecule has 0 spiro atoms. The molecular weight excluding hydrogens is 183 g/mol. The van der Waals surface area contributed by atoms with E-state index < -0.39 is 11.4 Å². The summed E-state index contributed by atoms with van der Waals surface area (Å²) in [5.41, 5.74) is 0.916. The van der Waals surface area contributed by atoms with Crippen LogP contribution in [-0.2, 0) is 11.4 Å². The van der Waals surface area contributed by atoms with Crippen molar-refractivity contribution in [3.8, 4) is 5.75 Å². The molecule has 1 rings (SSSR count). The molecule has 1 atom stereocenters. The minimum absolute atomic E-state index is 0. The Hall–Kier alpha value is -0.533. The second-order valence-electron chi connectivity index (χ2n) is 2.06. The Morgan fingerprint density at radius 1 is 1.46 bits per heavy atom. The van der Waals surface area contributed by atoms with E-state index in [2.05, 4.69) is 10.8 Å². The summed E-state index contributed by atoms with van der Waals surface area (Å²) in [6.07, 6.45) is 1.66. The molecule has 0 aliphatic rings. The second kappa shape index (κ2) is 6.00. The Morgan fingerprint density at radius 2 is 2.00 bits per heavy atom. The minimum Gasteiger partial charge on any atom is -1.00 e. The van der Waals surface area contributed by atoms with E-state index in [1.165, 1.54) is 0 Å². The van der Waals surface area contributed by atoms with E-state index in [-0.39, 0.29) is 20.3 Å². The van der Waals surface area contributed by atoms with Crippen LogP contribution in [0.5, 0.6) is 5.75 Å². The smallest absolute Gasteiger partial charge is 1.00 e. The van der Waals surface area contributed by atoms with Crippen LogP contribution in [0.1, 0.15) is 6.99 Å². The van der Waals surface area contributed by atoms with Gasteiger partial charge in [0.2, 0.25) is 0 Å². The maximum atomic E-state index is 10.1. The fourth-order valence-corrected chi connectivity index (χ4v) is 1.01. The van der Waals surface area contributed by atoms with Crippen LogP contribution in [0.15, 0.2) is 30.8 Å². The number of benzene rings is 1. The zero-order valence-corrected chi connectivity index (χ0v) is 8.04. The third kappa shape index (κ3) is 4.30. The fourth-order valence-electron chi connectivity index (χ4n) is 0.738. The molecule has 5 heteroatoms. The molecule has 0 saturated heterocycles. The SMILES string of the molecule is C=Cc1ccc(OS(=O)[O-])cc1.[H-].[Li+]. The van der Waals surface area contributed by atoms with Gasteiger partial charge in [-0.1, -0.05) is 24.8 Å². The van der Waals surface area contributed by atoms with Gasteiger partial charge in [-0.05, 0) is 17.7 Å². The van der Waals surface area contributed by atoms with Crippen molar-refractivity contribution in [2.75, 3.05) is 0 Å². The molecule has 3 nitrogen and oxygen atoms in total. The Labute approximate surface area is 93.0 Å². The van der Waals surface area contributed by atoms with Crippen LogP contribution in [0.2, 0.25) is 0 Å². The van der Waals surface area contributed by atoms with Crippen molar-refractivity contribution in [1.29, 1.82) is 0 Å². The summed E-state index contributed by atoms with van der Waals surface area (Å²) in [5.74, 6) is 0.300. The second-order valence-corrected chi connectivity index (χ2v) is 2.64. The van der Waals surface area contributed by atoms with Crippen molar-refractivity contribution in [3.05, 3.63) is 36.4 Å². The van der Waals surface area contributed by atoms with Crippen molar-refractivity contribution in [3.63, 3.8) is 0 Å². The summed E-state index contributed by atoms with van der Waals surface area (Å²) in [6, 6.07) is 6.56. The Bertz CT molecular complexity index is 302. The van der Waals surface area contributed by atoms with E-state index in [4.69, 9.17) is 0 Å². The van der Waals surface area contributed by atoms with Crippen LogP contribution in [-0.4, -0.2) is 8.76 Å². The monoisotopic (exact) mass is 191 g/mol. The molecule has 0 aliphatic heterocycles. The molecule has 66 valence electrons. The summed E-state index contributed by atoms with van der Waals surface area (Å²) < 4.78 is 24.6. The summed E-state index contributed by atoms with van der Waals surface area (Å²) in [7, 11) is 0. The number of hydrogen-bond acceptors (Lipinski definition) is 3. The van der Waals surface area contributed by atoms with Gasteiger partial charge in [0, 0.05) is 0 Å². The molecular formula is C8H8LiO3S-. The molecule has 0 radical (unpaired) electrons. The summed E-state index contributed by atoms with van der Waals surface area (Å²) in [6.45, 7) is 3.56. The summed E-state index contributed by atoms with van der Waals surface area (Å²) in [5, 5.41) is 0. The molecule has 0 bridgehead atoms. The van der Waals surface area contributed by atoms with E-state index in [1.54, 1.807) is 30.3 Å². The molecule has 0 aromatic heterocycles. The first-order valence-electron chi connectivity index (χ1n) is 3.22. The van der Waals surface area contributed by atoms with Crippen molar-refractivity contribution < 1.29 is 33.2 Å². The molecule has 0 N–H and O–H groups in total. The quantitative estimate of drug-likeness (QED) is 0.437. The van der Waals surface area contributed by atoms with Crippen molar-refractivity contribution in [2.45, 2.75) is 0 Å². The number of rotatable bonds is 3. The maximum Gasteiger partial charge on any atom is 1.00 e. The third-order valence-corrected chi connectivity index (χ3v) is 1.61. The molecule has 13 heavy (non-hydrogen) atoms. The van der Waals surface area contributed by atoms with E-state index in [0.29, 0.717) is 5.75 Å². The third-order valence-electron chi connectivity index (χ3n) is 1.28. The first-order chi connectivity index (χ1) is 5.72. The van der Waals surface area contributed by atoms with E-state index in [1.807, 2.05) is 0 Å². The van der Waals surface area contributed by atoms with Gasteiger partial charge in [-0.25, -0.2) is 4.21 Å².